The molecule has 0 bridgehead atoms. The van der Waals surface area contributed by atoms with Gasteiger partial charge >= 0.3 is 0 Å². The molecule has 1 unspecified atom stereocenters. The summed E-state index contributed by atoms with van der Waals surface area (Å²) >= 11 is 3.56. The summed E-state index contributed by atoms with van der Waals surface area (Å²) in [5, 5.41) is 13.2. The molecule has 6 nitrogen and oxygen atoms in total. The molecule has 1 aromatic heterocycles. The van der Waals surface area contributed by atoms with Crippen LogP contribution in [0.1, 0.15) is 34.6 Å². The lowest BCUT2D eigenvalue weighted by atomic mass is 9.97. The number of morpholine rings is 1. The van der Waals surface area contributed by atoms with E-state index in [2.05, 4.69) is 109 Å². The number of aromatic nitrogens is 4. The van der Waals surface area contributed by atoms with E-state index >= 15 is 0 Å². The van der Waals surface area contributed by atoms with Crippen molar-refractivity contribution < 1.29 is 4.74 Å². The van der Waals surface area contributed by atoms with Crippen LogP contribution in [0.25, 0.3) is 0 Å². The van der Waals surface area contributed by atoms with Crippen LogP contribution in [0.5, 0.6) is 0 Å². The zero-order valence-electron chi connectivity index (χ0n) is 17.6. The molecule has 32 heavy (non-hydrogen) atoms. The van der Waals surface area contributed by atoms with Crippen LogP contribution in [0.3, 0.4) is 0 Å². The molecule has 0 aliphatic carbocycles. The highest BCUT2D eigenvalue weighted by atomic mass is 79.9. The molecule has 0 spiro atoms. The Morgan fingerprint density at radius 3 is 1.88 bits per heavy atom. The van der Waals surface area contributed by atoms with Gasteiger partial charge in [0.2, 0.25) is 0 Å². The second kappa shape index (κ2) is 9.73. The molecule has 7 heteroatoms. The molecule has 1 aliphatic heterocycles. The molecule has 0 N–H and O–H groups in total. The first-order valence-corrected chi connectivity index (χ1v) is 11.6. The Hall–Kier alpha value is -2.87. The van der Waals surface area contributed by atoms with Crippen molar-refractivity contribution in [2.24, 2.45) is 0 Å². The summed E-state index contributed by atoms with van der Waals surface area (Å²) < 4.78 is 8.66. The van der Waals surface area contributed by atoms with Crippen molar-refractivity contribution >= 4 is 15.9 Å². The molecule has 0 saturated carbocycles. The van der Waals surface area contributed by atoms with Gasteiger partial charge in [0.1, 0.15) is 6.04 Å². The van der Waals surface area contributed by atoms with Gasteiger partial charge in [-0.25, -0.2) is 4.68 Å². The highest BCUT2D eigenvalue weighted by molar-refractivity contribution is 9.10. The normalized spacial score (nSPS) is 15.7. The van der Waals surface area contributed by atoms with E-state index in [4.69, 9.17) is 4.74 Å². The van der Waals surface area contributed by atoms with Gasteiger partial charge in [-0.3, -0.25) is 4.90 Å². The van der Waals surface area contributed by atoms with Crippen molar-refractivity contribution in [3.63, 3.8) is 0 Å². The van der Waals surface area contributed by atoms with E-state index in [9.17, 15) is 0 Å². The van der Waals surface area contributed by atoms with Gasteiger partial charge in [-0.15, -0.1) is 5.10 Å². The maximum absolute atomic E-state index is 5.63. The van der Waals surface area contributed by atoms with E-state index < -0.39 is 0 Å². The van der Waals surface area contributed by atoms with Gasteiger partial charge in [0.05, 0.1) is 19.3 Å². The number of tetrazole rings is 1. The molecular weight excluding hydrogens is 466 g/mol. The van der Waals surface area contributed by atoms with Gasteiger partial charge in [-0.1, -0.05) is 88.7 Å². The largest absolute Gasteiger partial charge is 0.379 e. The van der Waals surface area contributed by atoms with E-state index in [1.807, 2.05) is 16.8 Å². The van der Waals surface area contributed by atoms with Crippen LogP contribution in [0, 0.1) is 0 Å². The summed E-state index contributed by atoms with van der Waals surface area (Å²) in [5.74, 6) is 0.826. The number of rotatable bonds is 6. The summed E-state index contributed by atoms with van der Waals surface area (Å²) in [6.07, 6.45) is 0. The van der Waals surface area contributed by atoms with Crippen molar-refractivity contribution in [1.82, 2.24) is 25.1 Å². The fraction of sp³-hybridized carbons (Fsp3) is 0.240. The van der Waals surface area contributed by atoms with Crippen LogP contribution in [-0.4, -0.2) is 51.4 Å². The zero-order chi connectivity index (χ0) is 21.8. The molecule has 2 heterocycles. The van der Waals surface area contributed by atoms with Crippen LogP contribution in [-0.2, 0) is 4.74 Å². The third-order valence-electron chi connectivity index (χ3n) is 5.83. The minimum atomic E-state index is -0.124. The van der Waals surface area contributed by atoms with E-state index in [0.29, 0.717) is 13.2 Å². The van der Waals surface area contributed by atoms with Gasteiger partial charge in [0.15, 0.2) is 5.82 Å². The molecule has 4 aromatic rings. The first kappa shape index (κ1) is 21.0. The van der Waals surface area contributed by atoms with Gasteiger partial charge < -0.3 is 4.74 Å². The summed E-state index contributed by atoms with van der Waals surface area (Å²) in [6, 6.07) is 29.1. The quantitative estimate of drug-likeness (QED) is 0.399. The summed E-state index contributed by atoms with van der Waals surface area (Å²) in [6.45, 7) is 3.06. The van der Waals surface area contributed by atoms with E-state index in [0.717, 1.165) is 40.1 Å². The number of benzene rings is 3. The number of hydrogen-bond acceptors (Lipinski definition) is 5. The average molecular weight is 490 g/mol. The molecule has 0 amide bonds. The lowest BCUT2D eigenvalue weighted by Gasteiger charge is -2.34. The molecular formula is C25H24BrN5O. The van der Waals surface area contributed by atoms with Gasteiger partial charge in [-0.2, -0.15) is 0 Å². The number of hydrogen-bond donors (Lipinski definition) is 0. The van der Waals surface area contributed by atoms with Crippen molar-refractivity contribution in [2.75, 3.05) is 26.3 Å². The topological polar surface area (TPSA) is 56.1 Å². The van der Waals surface area contributed by atoms with Crippen molar-refractivity contribution in [1.29, 1.82) is 0 Å². The van der Waals surface area contributed by atoms with Crippen LogP contribution >= 0.6 is 15.9 Å². The molecule has 1 aliphatic rings. The highest BCUT2D eigenvalue weighted by Crippen LogP contribution is 2.33. The maximum atomic E-state index is 5.63. The summed E-state index contributed by atoms with van der Waals surface area (Å²) in [5.41, 5.74) is 3.44. The van der Waals surface area contributed by atoms with Crippen LogP contribution in [0.2, 0.25) is 0 Å². The van der Waals surface area contributed by atoms with E-state index in [-0.39, 0.29) is 12.1 Å². The minimum absolute atomic E-state index is 0.0723. The second-order valence-corrected chi connectivity index (χ2v) is 8.72. The Morgan fingerprint density at radius 1 is 0.719 bits per heavy atom. The predicted octanol–water partition coefficient (Wildman–Crippen LogP) is 4.49. The average Bonchev–Trinajstić information content (AvgIpc) is 3.31. The highest BCUT2D eigenvalue weighted by Gasteiger charge is 2.32. The summed E-state index contributed by atoms with van der Waals surface area (Å²) in [4.78, 5) is 2.40. The summed E-state index contributed by atoms with van der Waals surface area (Å²) in [7, 11) is 0. The molecule has 1 fully saturated rings. The Morgan fingerprint density at radius 2 is 1.28 bits per heavy atom. The fourth-order valence-corrected chi connectivity index (χ4v) is 4.58. The van der Waals surface area contributed by atoms with Gasteiger partial charge in [0, 0.05) is 17.6 Å². The lowest BCUT2D eigenvalue weighted by molar-refractivity contribution is 0.0215. The third kappa shape index (κ3) is 4.37. The Bertz CT molecular complexity index is 1090. The van der Waals surface area contributed by atoms with Crippen LogP contribution < -0.4 is 0 Å². The predicted molar refractivity (Wildman–Crippen MR) is 126 cm³/mol. The van der Waals surface area contributed by atoms with E-state index in [1.54, 1.807) is 0 Å². The Balaban J connectivity index is 1.64. The first-order valence-electron chi connectivity index (χ1n) is 10.8. The number of ether oxygens (including phenoxy) is 1. The molecule has 0 radical (unpaired) electrons. The van der Waals surface area contributed by atoms with Gasteiger partial charge in [-0.05, 0) is 39.2 Å². The molecule has 3 aromatic carbocycles. The SMILES string of the molecule is Brc1ccc(C(c2nnnn2C(c2ccccc2)c2ccccc2)N2CCOCC2)cc1. The third-order valence-corrected chi connectivity index (χ3v) is 6.36. The van der Waals surface area contributed by atoms with Crippen molar-refractivity contribution in [3.8, 4) is 0 Å². The van der Waals surface area contributed by atoms with E-state index in [1.165, 1.54) is 0 Å². The Kier molecular flexibility index (Phi) is 6.39. The maximum Gasteiger partial charge on any atom is 0.174 e. The first-order chi connectivity index (χ1) is 15.8. The smallest absolute Gasteiger partial charge is 0.174 e. The Labute approximate surface area is 196 Å². The number of halogens is 1. The minimum Gasteiger partial charge on any atom is -0.379 e. The van der Waals surface area contributed by atoms with Crippen molar-refractivity contribution in [2.45, 2.75) is 12.1 Å². The molecule has 162 valence electrons. The molecule has 5 rings (SSSR count). The monoisotopic (exact) mass is 489 g/mol. The molecule has 1 saturated heterocycles. The standard InChI is InChI=1S/C25H24BrN5O/c26-22-13-11-21(12-14-22)24(30-15-17-32-18-16-30)25-27-28-29-31(25)23(19-7-3-1-4-8-19)20-9-5-2-6-10-20/h1-14,23-24H,15-18H2. The number of nitrogens with zero attached hydrogens (tertiary/aromatic N) is 5. The zero-order valence-corrected chi connectivity index (χ0v) is 19.2. The lowest BCUT2D eigenvalue weighted by Crippen LogP contribution is -2.41. The van der Waals surface area contributed by atoms with Gasteiger partial charge in [0.25, 0.3) is 0 Å². The van der Waals surface area contributed by atoms with Crippen LogP contribution in [0.15, 0.2) is 89.4 Å². The van der Waals surface area contributed by atoms with Crippen LogP contribution in [0.4, 0.5) is 0 Å². The fourth-order valence-electron chi connectivity index (χ4n) is 4.31. The molecule has 1 atom stereocenters. The second-order valence-electron chi connectivity index (χ2n) is 7.81. The van der Waals surface area contributed by atoms with Crippen molar-refractivity contribution in [3.05, 3.63) is 112 Å².